The number of nitrogens with one attached hydrogen (secondary N) is 1. The summed E-state index contributed by atoms with van der Waals surface area (Å²) >= 11 is 0. The summed E-state index contributed by atoms with van der Waals surface area (Å²) in [4.78, 5) is 26.3. The minimum absolute atomic E-state index is 0.0745. The molecular weight excluding hydrogens is 270 g/mol. The Balaban J connectivity index is 2.26. The summed E-state index contributed by atoms with van der Waals surface area (Å²) in [6, 6.07) is 1.36. The Hall–Kier alpha value is -1.81. The van der Waals surface area contributed by atoms with Crippen molar-refractivity contribution in [3.63, 3.8) is 0 Å². The van der Waals surface area contributed by atoms with Gasteiger partial charge in [-0.05, 0) is 6.07 Å². The van der Waals surface area contributed by atoms with E-state index in [9.17, 15) is 19.8 Å². The molecule has 1 aromatic rings. The zero-order chi connectivity index (χ0) is 14.9. The van der Waals surface area contributed by atoms with Crippen LogP contribution in [0, 0.1) is 0 Å². The molecule has 4 atom stereocenters. The van der Waals surface area contributed by atoms with Crippen molar-refractivity contribution in [1.29, 1.82) is 0 Å². The molecule has 1 aliphatic rings. The van der Waals surface area contributed by atoms with Gasteiger partial charge in [-0.2, -0.15) is 4.98 Å². The van der Waals surface area contributed by atoms with Crippen LogP contribution >= 0.6 is 0 Å². The van der Waals surface area contributed by atoms with E-state index in [0.717, 1.165) is 4.57 Å². The molecule has 0 bridgehead atoms. The smallest absolute Gasteiger partial charge is 0.351 e. The van der Waals surface area contributed by atoms with Gasteiger partial charge in [-0.25, -0.2) is 4.79 Å². The van der Waals surface area contributed by atoms with Crippen LogP contribution in [0.3, 0.4) is 0 Å². The van der Waals surface area contributed by atoms with Gasteiger partial charge in [-0.1, -0.05) is 0 Å². The molecule has 1 fully saturated rings. The van der Waals surface area contributed by atoms with Gasteiger partial charge in [0.05, 0.1) is 6.61 Å². The number of carbonyl (C=O) groups is 1. The van der Waals surface area contributed by atoms with Crippen LogP contribution in [0.5, 0.6) is 0 Å². The third-order valence-electron chi connectivity index (χ3n) is 2.93. The van der Waals surface area contributed by atoms with Crippen molar-refractivity contribution in [2.75, 3.05) is 11.9 Å². The third-order valence-corrected chi connectivity index (χ3v) is 2.93. The average Bonchev–Trinajstić information content (AvgIpc) is 2.66. The number of anilines is 1. The lowest BCUT2D eigenvalue weighted by Gasteiger charge is -2.17. The maximum atomic E-state index is 11.8. The number of aliphatic hydroxyl groups excluding tert-OH is 3. The van der Waals surface area contributed by atoms with E-state index in [4.69, 9.17) is 9.84 Å². The zero-order valence-electron chi connectivity index (χ0n) is 10.6. The Morgan fingerprint density at radius 3 is 2.70 bits per heavy atom. The second kappa shape index (κ2) is 5.67. The standard InChI is InChI=1S/C11H15N3O6/c1-5(16)12-7-2-3-14(11(19)13-7)10-9(18)8(17)6(4-15)20-10/h2-3,6,8-10,15,17-18H,4H2,1H3,(H,12,13,16,19)/t6-,8+,9-,10+/m0/s1. The van der Waals surface area contributed by atoms with E-state index >= 15 is 0 Å². The summed E-state index contributed by atoms with van der Waals surface area (Å²) in [5, 5.41) is 30.8. The number of nitrogens with zero attached hydrogens (tertiary/aromatic N) is 2. The van der Waals surface area contributed by atoms with Crippen LogP contribution in [-0.2, 0) is 9.53 Å². The molecular formula is C11H15N3O6. The highest BCUT2D eigenvalue weighted by Crippen LogP contribution is 2.27. The third kappa shape index (κ3) is 2.70. The Morgan fingerprint density at radius 1 is 1.50 bits per heavy atom. The van der Waals surface area contributed by atoms with Gasteiger partial charge in [0.15, 0.2) is 6.23 Å². The van der Waals surface area contributed by atoms with Crippen molar-refractivity contribution in [2.24, 2.45) is 0 Å². The van der Waals surface area contributed by atoms with Crippen LogP contribution in [0.25, 0.3) is 0 Å². The first-order valence-corrected chi connectivity index (χ1v) is 5.93. The van der Waals surface area contributed by atoms with E-state index in [-0.39, 0.29) is 11.7 Å². The molecule has 0 radical (unpaired) electrons. The fraction of sp³-hybridized carbons (Fsp3) is 0.545. The Labute approximate surface area is 113 Å². The van der Waals surface area contributed by atoms with Gasteiger partial charge in [0, 0.05) is 13.1 Å². The molecule has 9 heteroatoms. The molecule has 0 spiro atoms. The molecule has 2 rings (SSSR count). The first-order valence-electron chi connectivity index (χ1n) is 5.93. The Bertz CT molecular complexity index is 559. The predicted molar refractivity (Wildman–Crippen MR) is 65.8 cm³/mol. The SMILES string of the molecule is CC(=O)Nc1ccn([C@@H]2O[C@@H](CO)[C@@H](O)[C@@H]2O)c(=O)n1. The second-order valence-corrected chi connectivity index (χ2v) is 4.41. The first kappa shape index (κ1) is 14.6. The minimum atomic E-state index is -1.36. The summed E-state index contributed by atoms with van der Waals surface area (Å²) in [6.07, 6.45) is -3.50. The summed E-state index contributed by atoms with van der Waals surface area (Å²) in [5.74, 6) is -0.298. The molecule has 1 saturated heterocycles. The second-order valence-electron chi connectivity index (χ2n) is 4.41. The number of aromatic nitrogens is 2. The fourth-order valence-corrected chi connectivity index (χ4v) is 1.97. The van der Waals surface area contributed by atoms with E-state index in [0.29, 0.717) is 0 Å². The van der Waals surface area contributed by atoms with Crippen LogP contribution in [0.1, 0.15) is 13.2 Å². The van der Waals surface area contributed by atoms with Gasteiger partial charge in [0.1, 0.15) is 24.1 Å². The molecule has 0 aromatic carbocycles. The van der Waals surface area contributed by atoms with Crippen molar-refractivity contribution in [3.05, 3.63) is 22.7 Å². The van der Waals surface area contributed by atoms with Gasteiger partial charge >= 0.3 is 5.69 Å². The molecule has 110 valence electrons. The highest BCUT2D eigenvalue weighted by Gasteiger charge is 2.43. The van der Waals surface area contributed by atoms with Crippen molar-refractivity contribution in [1.82, 2.24) is 9.55 Å². The van der Waals surface area contributed by atoms with Crippen LogP contribution in [0.15, 0.2) is 17.1 Å². The number of ether oxygens (including phenoxy) is 1. The number of hydrogen-bond donors (Lipinski definition) is 4. The highest BCUT2D eigenvalue weighted by atomic mass is 16.6. The van der Waals surface area contributed by atoms with Gasteiger partial charge < -0.3 is 25.4 Å². The summed E-state index contributed by atoms with van der Waals surface area (Å²) < 4.78 is 6.19. The van der Waals surface area contributed by atoms with E-state index in [2.05, 4.69) is 10.3 Å². The van der Waals surface area contributed by atoms with Gasteiger partial charge in [0.25, 0.3) is 0 Å². The predicted octanol–water partition coefficient (Wildman–Crippen LogP) is -2.19. The van der Waals surface area contributed by atoms with Crippen LogP contribution in [0.2, 0.25) is 0 Å². The van der Waals surface area contributed by atoms with Crippen molar-refractivity contribution in [3.8, 4) is 0 Å². The number of carbonyl (C=O) groups excluding carboxylic acids is 1. The van der Waals surface area contributed by atoms with Crippen molar-refractivity contribution in [2.45, 2.75) is 31.5 Å². The average molecular weight is 285 g/mol. The van der Waals surface area contributed by atoms with Crippen molar-refractivity contribution < 1.29 is 24.9 Å². The highest BCUT2D eigenvalue weighted by molar-refractivity contribution is 5.87. The number of rotatable bonds is 3. The van der Waals surface area contributed by atoms with Gasteiger partial charge in [-0.15, -0.1) is 0 Å². The molecule has 9 nitrogen and oxygen atoms in total. The number of hydrogen-bond acceptors (Lipinski definition) is 7. The van der Waals surface area contributed by atoms with E-state index in [1.165, 1.54) is 19.2 Å². The lowest BCUT2D eigenvalue weighted by atomic mass is 10.1. The fourth-order valence-electron chi connectivity index (χ4n) is 1.97. The van der Waals surface area contributed by atoms with E-state index < -0.39 is 36.8 Å². The monoisotopic (exact) mass is 285 g/mol. The lowest BCUT2D eigenvalue weighted by Crippen LogP contribution is -2.36. The molecule has 2 heterocycles. The first-order chi connectivity index (χ1) is 9.43. The molecule has 0 aliphatic carbocycles. The topological polar surface area (TPSA) is 134 Å². The quantitative estimate of drug-likeness (QED) is 0.495. The Kier molecular flexibility index (Phi) is 4.14. The lowest BCUT2D eigenvalue weighted by molar-refractivity contribution is -0.114. The largest absolute Gasteiger partial charge is 0.394 e. The molecule has 1 amide bonds. The zero-order valence-corrected chi connectivity index (χ0v) is 10.6. The summed E-state index contributed by atoms with van der Waals surface area (Å²) in [5.41, 5.74) is -0.758. The van der Waals surface area contributed by atoms with Crippen LogP contribution < -0.4 is 11.0 Å². The maximum absolute atomic E-state index is 11.8. The van der Waals surface area contributed by atoms with E-state index in [1.807, 2.05) is 0 Å². The number of aliphatic hydroxyl groups is 3. The molecule has 1 aliphatic heterocycles. The molecule has 0 saturated carbocycles. The molecule has 1 aromatic heterocycles. The molecule has 20 heavy (non-hydrogen) atoms. The van der Waals surface area contributed by atoms with Crippen molar-refractivity contribution >= 4 is 11.7 Å². The molecule has 0 unspecified atom stereocenters. The van der Waals surface area contributed by atoms with Crippen LogP contribution in [-0.4, -0.2) is 55.7 Å². The maximum Gasteiger partial charge on any atom is 0.351 e. The number of amides is 1. The minimum Gasteiger partial charge on any atom is -0.394 e. The van der Waals surface area contributed by atoms with Gasteiger partial charge in [0.2, 0.25) is 5.91 Å². The van der Waals surface area contributed by atoms with Crippen LogP contribution in [0.4, 0.5) is 5.82 Å². The Morgan fingerprint density at radius 2 is 2.20 bits per heavy atom. The molecule has 4 N–H and O–H groups in total. The van der Waals surface area contributed by atoms with Gasteiger partial charge in [-0.3, -0.25) is 9.36 Å². The summed E-state index contributed by atoms with van der Waals surface area (Å²) in [6.45, 7) is 0.792. The normalized spacial score (nSPS) is 29.4. The summed E-state index contributed by atoms with van der Waals surface area (Å²) in [7, 11) is 0. The van der Waals surface area contributed by atoms with E-state index in [1.54, 1.807) is 0 Å².